The standard InChI is InChI=1S/C14H11N3O3/c1-17-13-10(12(18)9(7-15-13)14(19)20)11(16-17)8-5-3-2-4-6-8/h2-7H,1H3,(H,15,18)(H,19,20). The number of aryl methyl sites for hydroxylation is 1. The van der Waals surface area contributed by atoms with Crippen molar-refractivity contribution in [3.05, 3.63) is 52.3 Å². The maximum atomic E-state index is 12.3. The zero-order chi connectivity index (χ0) is 14.3. The first kappa shape index (κ1) is 12.2. The van der Waals surface area contributed by atoms with Gasteiger partial charge in [0.25, 0.3) is 0 Å². The van der Waals surface area contributed by atoms with Gasteiger partial charge in [0.05, 0.1) is 5.39 Å². The van der Waals surface area contributed by atoms with E-state index in [4.69, 9.17) is 5.11 Å². The van der Waals surface area contributed by atoms with Crippen LogP contribution in [0.25, 0.3) is 22.3 Å². The monoisotopic (exact) mass is 269 g/mol. The zero-order valence-electron chi connectivity index (χ0n) is 10.6. The molecule has 2 aromatic heterocycles. The number of carbonyl (C=O) groups is 1. The molecule has 0 atom stereocenters. The summed E-state index contributed by atoms with van der Waals surface area (Å²) in [6.45, 7) is 0. The molecule has 0 aliphatic carbocycles. The lowest BCUT2D eigenvalue weighted by atomic mass is 10.1. The molecule has 0 amide bonds. The van der Waals surface area contributed by atoms with Crippen molar-refractivity contribution >= 4 is 17.0 Å². The van der Waals surface area contributed by atoms with Crippen LogP contribution < -0.4 is 5.43 Å². The van der Waals surface area contributed by atoms with Crippen molar-refractivity contribution in [2.45, 2.75) is 0 Å². The molecule has 0 spiro atoms. The van der Waals surface area contributed by atoms with Crippen molar-refractivity contribution in [2.75, 3.05) is 0 Å². The van der Waals surface area contributed by atoms with E-state index < -0.39 is 11.4 Å². The van der Waals surface area contributed by atoms with Crippen molar-refractivity contribution in [3.63, 3.8) is 0 Å². The molecule has 0 radical (unpaired) electrons. The smallest absolute Gasteiger partial charge is 0.341 e. The van der Waals surface area contributed by atoms with Gasteiger partial charge in [-0.05, 0) is 0 Å². The molecule has 2 heterocycles. The Morgan fingerprint density at radius 2 is 2.00 bits per heavy atom. The fourth-order valence-corrected chi connectivity index (χ4v) is 2.20. The van der Waals surface area contributed by atoms with Crippen molar-refractivity contribution in [1.82, 2.24) is 14.8 Å². The van der Waals surface area contributed by atoms with E-state index in [1.165, 1.54) is 10.9 Å². The van der Waals surface area contributed by atoms with Gasteiger partial charge in [-0.2, -0.15) is 5.10 Å². The summed E-state index contributed by atoms with van der Waals surface area (Å²) in [5.74, 6) is -1.25. The highest BCUT2D eigenvalue weighted by atomic mass is 16.4. The fourth-order valence-electron chi connectivity index (χ4n) is 2.20. The molecule has 2 N–H and O–H groups in total. The Morgan fingerprint density at radius 3 is 2.65 bits per heavy atom. The number of hydrogen-bond acceptors (Lipinski definition) is 3. The highest BCUT2D eigenvalue weighted by molar-refractivity contribution is 5.96. The van der Waals surface area contributed by atoms with Crippen molar-refractivity contribution in [1.29, 1.82) is 0 Å². The largest absolute Gasteiger partial charge is 0.477 e. The number of benzene rings is 1. The van der Waals surface area contributed by atoms with Crippen LogP contribution in [0.4, 0.5) is 0 Å². The fraction of sp³-hybridized carbons (Fsp3) is 0.0714. The Balaban J connectivity index is 2.42. The van der Waals surface area contributed by atoms with Gasteiger partial charge in [0.15, 0.2) is 0 Å². The summed E-state index contributed by atoms with van der Waals surface area (Å²) >= 11 is 0. The van der Waals surface area contributed by atoms with Gasteiger partial charge in [-0.3, -0.25) is 9.48 Å². The second kappa shape index (κ2) is 4.34. The third kappa shape index (κ3) is 1.70. The molecule has 3 aromatic rings. The first-order valence-electron chi connectivity index (χ1n) is 5.96. The second-order valence-corrected chi connectivity index (χ2v) is 4.40. The van der Waals surface area contributed by atoms with Gasteiger partial charge in [0.1, 0.15) is 16.9 Å². The van der Waals surface area contributed by atoms with Crippen molar-refractivity contribution in [3.8, 4) is 11.3 Å². The van der Waals surface area contributed by atoms with Crippen LogP contribution in [-0.2, 0) is 7.05 Å². The number of H-pyrrole nitrogens is 1. The van der Waals surface area contributed by atoms with E-state index in [1.807, 2.05) is 30.3 Å². The molecule has 6 nitrogen and oxygen atoms in total. The molecule has 0 bridgehead atoms. The van der Waals surface area contributed by atoms with E-state index >= 15 is 0 Å². The van der Waals surface area contributed by atoms with E-state index in [1.54, 1.807) is 7.05 Å². The predicted molar refractivity (Wildman–Crippen MR) is 73.7 cm³/mol. The molecule has 0 fully saturated rings. The molecule has 3 rings (SSSR count). The van der Waals surface area contributed by atoms with Crippen LogP contribution in [0.1, 0.15) is 10.4 Å². The van der Waals surface area contributed by atoms with Crippen LogP contribution in [0.5, 0.6) is 0 Å². The molecular formula is C14H11N3O3. The first-order valence-corrected chi connectivity index (χ1v) is 5.96. The molecule has 20 heavy (non-hydrogen) atoms. The number of pyridine rings is 1. The second-order valence-electron chi connectivity index (χ2n) is 4.40. The summed E-state index contributed by atoms with van der Waals surface area (Å²) < 4.78 is 1.53. The summed E-state index contributed by atoms with van der Waals surface area (Å²) in [4.78, 5) is 26.2. The third-order valence-electron chi connectivity index (χ3n) is 3.15. The Kier molecular flexibility index (Phi) is 2.64. The number of carboxylic acids is 1. The van der Waals surface area contributed by atoms with E-state index in [2.05, 4.69) is 10.1 Å². The number of aromatic nitrogens is 3. The third-order valence-corrected chi connectivity index (χ3v) is 3.15. The van der Waals surface area contributed by atoms with Gasteiger partial charge in [0, 0.05) is 18.8 Å². The maximum absolute atomic E-state index is 12.3. The van der Waals surface area contributed by atoms with Gasteiger partial charge in [0.2, 0.25) is 5.43 Å². The Bertz CT molecular complexity index is 862. The van der Waals surface area contributed by atoms with Crippen molar-refractivity contribution < 1.29 is 9.90 Å². The van der Waals surface area contributed by atoms with E-state index in [9.17, 15) is 9.59 Å². The minimum atomic E-state index is -1.25. The molecule has 6 heteroatoms. The Morgan fingerprint density at radius 1 is 1.30 bits per heavy atom. The molecule has 100 valence electrons. The van der Waals surface area contributed by atoms with E-state index in [-0.39, 0.29) is 5.56 Å². The minimum Gasteiger partial charge on any atom is -0.477 e. The molecule has 0 unspecified atom stereocenters. The number of aromatic amines is 1. The number of carboxylic acid groups (broad SMARTS) is 1. The number of fused-ring (bicyclic) bond motifs is 1. The molecule has 0 saturated carbocycles. The van der Waals surface area contributed by atoms with Gasteiger partial charge in [-0.25, -0.2) is 4.79 Å². The summed E-state index contributed by atoms with van der Waals surface area (Å²) in [5, 5.41) is 13.7. The van der Waals surface area contributed by atoms with E-state index in [0.717, 1.165) is 5.56 Å². The summed E-state index contributed by atoms with van der Waals surface area (Å²) in [5.41, 5.74) is 0.929. The topological polar surface area (TPSA) is 88.0 Å². The van der Waals surface area contributed by atoms with Crippen LogP contribution in [0.3, 0.4) is 0 Å². The maximum Gasteiger partial charge on any atom is 0.341 e. The number of nitrogens with one attached hydrogen (secondary N) is 1. The van der Waals surface area contributed by atoms with Gasteiger partial charge in [-0.1, -0.05) is 30.3 Å². The minimum absolute atomic E-state index is 0.289. The highest BCUT2D eigenvalue weighted by Crippen LogP contribution is 2.24. The van der Waals surface area contributed by atoms with Crippen molar-refractivity contribution in [2.24, 2.45) is 7.05 Å². The highest BCUT2D eigenvalue weighted by Gasteiger charge is 2.19. The lowest BCUT2D eigenvalue weighted by Crippen LogP contribution is -2.15. The quantitative estimate of drug-likeness (QED) is 0.740. The summed E-state index contributed by atoms with van der Waals surface area (Å²) in [7, 11) is 1.70. The Labute approximate surface area is 113 Å². The van der Waals surface area contributed by atoms with Crippen LogP contribution in [0, 0.1) is 0 Å². The lowest BCUT2D eigenvalue weighted by molar-refractivity contribution is 0.0695. The summed E-state index contributed by atoms with van der Waals surface area (Å²) in [6.07, 6.45) is 1.20. The average molecular weight is 269 g/mol. The predicted octanol–water partition coefficient (Wildman–Crippen LogP) is 1.63. The van der Waals surface area contributed by atoms with E-state index in [0.29, 0.717) is 16.7 Å². The zero-order valence-corrected chi connectivity index (χ0v) is 10.6. The SMILES string of the molecule is Cn1nc(-c2ccccc2)c2c(=O)c(C(=O)O)c[nH]c21. The lowest BCUT2D eigenvalue weighted by Gasteiger charge is -1.98. The number of rotatable bonds is 2. The number of nitrogens with zero attached hydrogens (tertiary/aromatic N) is 2. The van der Waals surface area contributed by atoms with Crippen LogP contribution in [0.2, 0.25) is 0 Å². The molecule has 1 aromatic carbocycles. The first-order chi connectivity index (χ1) is 9.59. The van der Waals surface area contributed by atoms with Crippen LogP contribution in [-0.4, -0.2) is 25.8 Å². The molecule has 0 aliphatic rings. The summed E-state index contributed by atoms with van der Waals surface area (Å²) in [6, 6.07) is 9.20. The van der Waals surface area contributed by atoms with Crippen LogP contribution in [0.15, 0.2) is 41.3 Å². The van der Waals surface area contributed by atoms with Gasteiger partial charge < -0.3 is 10.1 Å². The normalized spacial score (nSPS) is 10.8. The van der Waals surface area contributed by atoms with Crippen LogP contribution >= 0.6 is 0 Å². The van der Waals surface area contributed by atoms with Gasteiger partial charge in [-0.15, -0.1) is 0 Å². The number of hydrogen-bond donors (Lipinski definition) is 2. The average Bonchev–Trinajstić information content (AvgIpc) is 2.78. The molecule has 0 saturated heterocycles. The molecule has 0 aliphatic heterocycles. The van der Waals surface area contributed by atoms with Gasteiger partial charge >= 0.3 is 5.97 Å². The molecular weight excluding hydrogens is 258 g/mol. The number of aromatic carboxylic acids is 1. The Hall–Kier alpha value is -2.89.